The number of carbonyl (C=O) groups is 1. The number of carbonyl (C=O) groups excluding carboxylic acids is 1. The molecule has 0 N–H and O–H groups in total. The van der Waals surface area contributed by atoms with Crippen molar-refractivity contribution in [2.75, 3.05) is 31.1 Å². The molecule has 0 aliphatic carbocycles. The zero-order chi connectivity index (χ0) is 20.4. The van der Waals surface area contributed by atoms with Crippen LogP contribution in [0.15, 0.2) is 54.7 Å². The van der Waals surface area contributed by atoms with Crippen LogP contribution in [0.25, 0.3) is 10.4 Å². The Morgan fingerprint density at radius 1 is 1.03 bits per heavy atom. The van der Waals surface area contributed by atoms with Crippen molar-refractivity contribution in [2.45, 2.75) is 0 Å². The third-order valence-corrected chi connectivity index (χ3v) is 5.90. The molecule has 1 aromatic carbocycles. The molecular weight excluding hydrogens is 395 g/mol. The highest BCUT2D eigenvalue weighted by Crippen LogP contribution is 2.29. The Morgan fingerprint density at radius 2 is 1.76 bits per heavy atom. The number of benzene rings is 1. The fraction of sp³-hybridized carbons (Fsp3) is 0.200. The minimum Gasteiger partial charge on any atom is -0.353 e. The van der Waals surface area contributed by atoms with Crippen LogP contribution in [0.2, 0.25) is 0 Å². The summed E-state index contributed by atoms with van der Waals surface area (Å²) in [7, 11) is 0. The van der Waals surface area contributed by atoms with E-state index >= 15 is 0 Å². The normalized spacial score (nSPS) is 14.1. The third-order valence-electron chi connectivity index (χ3n) is 4.78. The minimum atomic E-state index is -0.478. The number of anilines is 1. The molecule has 0 radical (unpaired) electrons. The first-order valence-electron chi connectivity index (χ1n) is 9.02. The summed E-state index contributed by atoms with van der Waals surface area (Å²) in [5.41, 5.74) is 0.835. The molecule has 0 spiro atoms. The fourth-order valence-electron chi connectivity index (χ4n) is 3.19. The van der Waals surface area contributed by atoms with Gasteiger partial charge in [0.2, 0.25) is 0 Å². The molecule has 0 saturated carbocycles. The molecule has 1 saturated heterocycles. The highest BCUT2D eigenvalue weighted by molar-refractivity contribution is 7.17. The molecule has 3 heterocycles. The number of aromatic nitrogens is 1. The molecule has 1 aliphatic rings. The summed E-state index contributed by atoms with van der Waals surface area (Å²) < 4.78 is 13.1. The summed E-state index contributed by atoms with van der Waals surface area (Å²) in [5.74, 6) is 0.346. The van der Waals surface area contributed by atoms with Gasteiger partial charge in [-0.1, -0.05) is 12.1 Å². The molecule has 7 nitrogen and oxygen atoms in total. The number of amides is 1. The van der Waals surface area contributed by atoms with Crippen molar-refractivity contribution in [2.24, 2.45) is 0 Å². The molecule has 29 heavy (non-hydrogen) atoms. The van der Waals surface area contributed by atoms with Crippen molar-refractivity contribution in [3.05, 3.63) is 75.5 Å². The Kier molecular flexibility index (Phi) is 5.22. The molecule has 1 aliphatic heterocycles. The summed E-state index contributed by atoms with van der Waals surface area (Å²) in [5, 5.41) is 10.7. The van der Waals surface area contributed by atoms with E-state index in [0.29, 0.717) is 36.9 Å². The Balaban J connectivity index is 1.39. The second-order valence-corrected chi connectivity index (χ2v) is 7.67. The van der Waals surface area contributed by atoms with Crippen LogP contribution in [-0.4, -0.2) is 46.9 Å². The quantitative estimate of drug-likeness (QED) is 0.481. The fourth-order valence-corrected chi connectivity index (χ4v) is 4.17. The predicted molar refractivity (Wildman–Crippen MR) is 109 cm³/mol. The van der Waals surface area contributed by atoms with Crippen LogP contribution in [-0.2, 0) is 0 Å². The first-order chi connectivity index (χ1) is 14.0. The van der Waals surface area contributed by atoms with Gasteiger partial charge in [-0.25, -0.2) is 9.37 Å². The molecule has 4 rings (SSSR count). The van der Waals surface area contributed by atoms with Gasteiger partial charge in [-0.15, -0.1) is 11.3 Å². The Labute approximate surface area is 170 Å². The molecule has 0 atom stereocenters. The number of rotatable bonds is 4. The van der Waals surface area contributed by atoms with Gasteiger partial charge in [0.05, 0.1) is 9.80 Å². The molecule has 0 bridgehead atoms. The maximum atomic E-state index is 13.1. The van der Waals surface area contributed by atoms with E-state index in [4.69, 9.17) is 0 Å². The summed E-state index contributed by atoms with van der Waals surface area (Å²) in [4.78, 5) is 32.6. The maximum absolute atomic E-state index is 13.1. The highest BCUT2D eigenvalue weighted by Gasteiger charge is 2.24. The molecule has 0 unspecified atom stereocenters. The van der Waals surface area contributed by atoms with E-state index in [9.17, 15) is 19.3 Å². The number of nitrogens with zero attached hydrogens (tertiary/aromatic N) is 4. The van der Waals surface area contributed by atoms with Crippen LogP contribution in [0, 0.1) is 15.9 Å². The number of thiophene rings is 1. The number of halogens is 1. The maximum Gasteiger partial charge on any atom is 0.287 e. The standard InChI is InChI=1S/C20H17FN4O3S/c21-15-3-1-14(2-4-15)17-6-7-18(29-17)20(26)24-11-9-23(10-12-24)19-8-5-16(13-22-19)25(27)28/h1-8,13H,9-12H2. The van der Waals surface area contributed by atoms with Gasteiger partial charge in [-0.05, 0) is 35.9 Å². The zero-order valence-corrected chi connectivity index (χ0v) is 16.1. The van der Waals surface area contributed by atoms with Crippen LogP contribution in [0.4, 0.5) is 15.9 Å². The van der Waals surface area contributed by atoms with Crippen molar-refractivity contribution < 1.29 is 14.1 Å². The van der Waals surface area contributed by atoms with E-state index in [1.54, 1.807) is 29.2 Å². The van der Waals surface area contributed by atoms with Gasteiger partial charge >= 0.3 is 0 Å². The van der Waals surface area contributed by atoms with Gasteiger partial charge < -0.3 is 9.80 Å². The van der Waals surface area contributed by atoms with Crippen molar-refractivity contribution in [1.82, 2.24) is 9.88 Å². The van der Waals surface area contributed by atoms with Crippen LogP contribution >= 0.6 is 11.3 Å². The molecule has 3 aromatic rings. The average Bonchev–Trinajstić information content (AvgIpc) is 3.24. The van der Waals surface area contributed by atoms with Crippen LogP contribution in [0.1, 0.15) is 9.67 Å². The molecule has 9 heteroatoms. The van der Waals surface area contributed by atoms with Gasteiger partial charge in [0, 0.05) is 37.1 Å². The van der Waals surface area contributed by atoms with Gasteiger partial charge in [0.25, 0.3) is 11.6 Å². The number of nitro groups is 1. The predicted octanol–water partition coefficient (Wildman–Crippen LogP) is 3.82. The van der Waals surface area contributed by atoms with Crippen molar-refractivity contribution in [3.8, 4) is 10.4 Å². The van der Waals surface area contributed by atoms with Gasteiger partial charge in [-0.3, -0.25) is 14.9 Å². The lowest BCUT2D eigenvalue weighted by Crippen LogP contribution is -2.48. The van der Waals surface area contributed by atoms with Crippen molar-refractivity contribution >= 4 is 28.7 Å². The van der Waals surface area contributed by atoms with E-state index in [2.05, 4.69) is 4.98 Å². The minimum absolute atomic E-state index is 0.0281. The van der Waals surface area contributed by atoms with Crippen LogP contribution < -0.4 is 4.90 Å². The Hall–Kier alpha value is -3.33. The van der Waals surface area contributed by atoms with E-state index in [0.717, 1.165) is 10.4 Å². The smallest absolute Gasteiger partial charge is 0.287 e. The first kappa shape index (κ1) is 19.0. The zero-order valence-electron chi connectivity index (χ0n) is 15.3. The second-order valence-electron chi connectivity index (χ2n) is 6.58. The average molecular weight is 412 g/mol. The molecule has 148 valence electrons. The lowest BCUT2D eigenvalue weighted by atomic mass is 10.2. The summed E-state index contributed by atoms with van der Waals surface area (Å²) in [6.45, 7) is 2.29. The topological polar surface area (TPSA) is 79.6 Å². The van der Waals surface area contributed by atoms with Crippen LogP contribution in [0.3, 0.4) is 0 Å². The summed E-state index contributed by atoms with van der Waals surface area (Å²) in [6.07, 6.45) is 1.25. The van der Waals surface area contributed by atoms with Gasteiger partial charge in [0.15, 0.2) is 0 Å². The largest absolute Gasteiger partial charge is 0.353 e. The number of piperazine rings is 1. The highest BCUT2D eigenvalue weighted by atomic mass is 32.1. The lowest BCUT2D eigenvalue weighted by Gasteiger charge is -2.35. The van der Waals surface area contributed by atoms with E-state index < -0.39 is 4.92 Å². The lowest BCUT2D eigenvalue weighted by molar-refractivity contribution is -0.385. The van der Waals surface area contributed by atoms with E-state index in [1.807, 2.05) is 11.0 Å². The summed E-state index contributed by atoms with van der Waals surface area (Å²) >= 11 is 1.39. The number of hydrogen-bond acceptors (Lipinski definition) is 6. The monoisotopic (exact) mass is 412 g/mol. The Bertz CT molecular complexity index is 1030. The second kappa shape index (κ2) is 7.96. The third kappa shape index (κ3) is 4.09. The van der Waals surface area contributed by atoms with Crippen molar-refractivity contribution in [3.63, 3.8) is 0 Å². The van der Waals surface area contributed by atoms with Gasteiger partial charge in [0.1, 0.15) is 17.8 Å². The van der Waals surface area contributed by atoms with Crippen molar-refractivity contribution in [1.29, 1.82) is 0 Å². The van der Waals surface area contributed by atoms with Gasteiger partial charge in [-0.2, -0.15) is 0 Å². The molecule has 2 aromatic heterocycles. The molecular formula is C20H17FN4O3S. The molecule has 1 fully saturated rings. The Morgan fingerprint density at radius 3 is 2.38 bits per heavy atom. The summed E-state index contributed by atoms with van der Waals surface area (Å²) in [6, 6.07) is 12.9. The van der Waals surface area contributed by atoms with E-state index in [1.165, 1.54) is 35.7 Å². The number of pyridine rings is 1. The number of hydrogen-bond donors (Lipinski definition) is 0. The van der Waals surface area contributed by atoms with Crippen LogP contribution in [0.5, 0.6) is 0 Å². The first-order valence-corrected chi connectivity index (χ1v) is 9.83. The molecule has 1 amide bonds. The SMILES string of the molecule is O=C(c1ccc(-c2ccc(F)cc2)s1)N1CCN(c2ccc([N+](=O)[O-])cn2)CC1. The van der Waals surface area contributed by atoms with E-state index in [-0.39, 0.29) is 17.4 Å².